The summed E-state index contributed by atoms with van der Waals surface area (Å²) < 4.78 is 15.2. The molecule has 2 N–H and O–H groups in total. The molecular weight excluding hydrogens is 219 g/mol. The van der Waals surface area contributed by atoms with E-state index in [0.29, 0.717) is 17.4 Å². The van der Waals surface area contributed by atoms with Crippen LogP contribution in [0.25, 0.3) is 5.69 Å². The molecule has 3 rings (SSSR count). The van der Waals surface area contributed by atoms with Gasteiger partial charge in [-0.25, -0.2) is 14.1 Å². The van der Waals surface area contributed by atoms with Crippen molar-refractivity contribution < 1.29 is 4.39 Å². The van der Waals surface area contributed by atoms with E-state index in [-0.39, 0.29) is 12.4 Å². The highest BCUT2D eigenvalue weighted by Crippen LogP contribution is 2.38. The molecule has 0 amide bonds. The van der Waals surface area contributed by atoms with Crippen molar-refractivity contribution in [3.63, 3.8) is 0 Å². The smallest absolute Gasteiger partial charge is 0.154 e. The van der Waals surface area contributed by atoms with E-state index in [1.807, 2.05) is 0 Å². The summed E-state index contributed by atoms with van der Waals surface area (Å²) in [6.45, 7) is 0.258. The third kappa shape index (κ3) is 1.82. The van der Waals surface area contributed by atoms with E-state index in [4.69, 9.17) is 5.73 Å². The molecule has 1 aliphatic rings. The van der Waals surface area contributed by atoms with Crippen LogP contribution in [0.4, 0.5) is 4.39 Å². The molecule has 0 unspecified atom stereocenters. The molecule has 4 nitrogen and oxygen atoms in total. The number of hydrogen-bond acceptors (Lipinski definition) is 3. The first kappa shape index (κ1) is 10.4. The highest BCUT2D eigenvalue weighted by Gasteiger charge is 2.29. The lowest BCUT2D eigenvalue weighted by atomic mass is 10.3. The van der Waals surface area contributed by atoms with Crippen molar-refractivity contribution in [3.05, 3.63) is 41.7 Å². The van der Waals surface area contributed by atoms with Crippen molar-refractivity contribution >= 4 is 0 Å². The third-order valence-corrected chi connectivity index (χ3v) is 2.90. The molecule has 2 aromatic rings. The molecule has 0 bridgehead atoms. The summed E-state index contributed by atoms with van der Waals surface area (Å²) in [7, 11) is 0. The Balaban J connectivity index is 2.09. The molecule has 1 fully saturated rings. The average Bonchev–Trinajstić information content (AvgIpc) is 3.10. The fraction of sp³-hybridized carbons (Fsp3) is 0.333. The molecule has 1 aromatic carbocycles. The predicted octanol–water partition coefficient (Wildman–Crippen LogP) is 1.74. The van der Waals surface area contributed by atoms with E-state index < -0.39 is 0 Å². The maximum Gasteiger partial charge on any atom is 0.154 e. The molecule has 0 radical (unpaired) electrons. The van der Waals surface area contributed by atoms with Crippen molar-refractivity contribution in [2.45, 2.75) is 25.3 Å². The van der Waals surface area contributed by atoms with Gasteiger partial charge in [0.15, 0.2) is 5.82 Å². The Kier molecular flexibility index (Phi) is 2.40. The normalized spacial score (nSPS) is 15.2. The number of hydrogen-bond donors (Lipinski definition) is 1. The minimum Gasteiger partial charge on any atom is -0.324 e. The molecule has 0 aliphatic heterocycles. The van der Waals surface area contributed by atoms with Crippen LogP contribution in [0.1, 0.15) is 30.4 Å². The Bertz CT molecular complexity index is 545. The van der Waals surface area contributed by atoms with E-state index in [2.05, 4.69) is 10.1 Å². The Labute approximate surface area is 98.3 Å². The Hall–Kier alpha value is -1.75. The van der Waals surface area contributed by atoms with Gasteiger partial charge in [0.05, 0.1) is 6.54 Å². The van der Waals surface area contributed by atoms with Gasteiger partial charge in [-0.1, -0.05) is 12.1 Å². The number of para-hydroxylation sites is 1. The van der Waals surface area contributed by atoms with Gasteiger partial charge in [0.2, 0.25) is 0 Å². The maximum atomic E-state index is 13.7. The second-order valence-corrected chi connectivity index (χ2v) is 4.23. The van der Waals surface area contributed by atoms with Gasteiger partial charge in [-0.2, -0.15) is 5.10 Å². The molecule has 88 valence electrons. The van der Waals surface area contributed by atoms with Crippen LogP contribution in [0, 0.1) is 5.82 Å². The highest BCUT2D eigenvalue weighted by atomic mass is 19.1. The SMILES string of the molecule is NCc1nc(C2CC2)nn1-c1ccccc1F. The van der Waals surface area contributed by atoms with Gasteiger partial charge < -0.3 is 5.73 Å². The van der Waals surface area contributed by atoms with Crippen LogP contribution >= 0.6 is 0 Å². The second kappa shape index (κ2) is 3.92. The number of aromatic nitrogens is 3. The number of nitrogens with zero attached hydrogens (tertiary/aromatic N) is 3. The van der Waals surface area contributed by atoms with Crippen LogP contribution in [0.5, 0.6) is 0 Å². The number of benzene rings is 1. The van der Waals surface area contributed by atoms with Crippen LogP contribution in [-0.2, 0) is 6.54 Å². The van der Waals surface area contributed by atoms with Crippen LogP contribution in [0.3, 0.4) is 0 Å². The Morgan fingerprint density at radius 1 is 1.35 bits per heavy atom. The van der Waals surface area contributed by atoms with Gasteiger partial charge in [-0.3, -0.25) is 0 Å². The van der Waals surface area contributed by atoms with Crippen LogP contribution < -0.4 is 5.73 Å². The largest absolute Gasteiger partial charge is 0.324 e. The lowest BCUT2D eigenvalue weighted by molar-refractivity contribution is 0.604. The van der Waals surface area contributed by atoms with E-state index in [9.17, 15) is 4.39 Å². The van der Waals surface area contributed by atoms with Gasteiger partial charge in [-0.15, -0.1) is 0 Å². The molecule has 1 aromatic heterocycles. The zero-order valence-electron chi connectivity index (χ0n) is 9.31. The fourth-order valence-corrected chi connectivity index (χ4v) is 1.83. The topological polar surface area (TPSA) is 56.7 Å². The summed E-state index contributed by atoms with van der Waals surface area (Å²) in [5.41, 5.74) is 6.04. The van der Waals surface area contributed by atoms with Crippen LogP contribution in [0.15, 0.2) is 24.3 Å². The van der Waals surface area contributed by atoms with E-state index in [1.54, 1.807) is 18.2 Å². The van der Waals surface area contributed by atoms with Gasteiger partial charge in [-0.05, 0) is 25.0 Å². The van der Waals surface area contributed by atoms with Gasteiger partial charge >= 0.3 is 0 Å². The predicted molar refractivity (Wildman–Crippen MR) is 61.2 cm³/mol. The second-order valence-electron chi connectivity index (χ2n) is 4.23. The highest BCUT2D eigenvalue weighted by molar-refractivity contribution is 5.33. The van der Waals surface area contributed by atoms with Crippen LogP contribution in [0.2, 0.25) is 0 Å². The Morgan fingerprint density at radius 3 is 2.76 bits per heavy atom. The average molecular weight is 232 g/mol. The zero-order valence-corrected chi connectivity index (χ0v) is 9.31. The van der Waals surface area contributed by atoms with Crippen molar-refractivity contribution in [3.8, 4) is 5.69 Å². The fourth-order valence-electron chi connectivity index (χ4n) is 1.83. The Morgan fingerprint density at radius 2 is 2.12 bits per heavy atom. The molecule has 1 heterocycles. The first-order valence-corrected chi connectivity index (χ1v) is 5.70. The monoisotopic (exact) mass is 232 g/mol. The molecule has 0 saturated heterocycles. The first-order chi connectivity index (χ1) is 8.29. The molecule has 5 heteroatoms. The molecule has 0 atom stereocenters. The molecule has 1 aliphatic carbocycles. The summed E-state index contributed by atoms with van der Waals surface area (Å²) >= 11 is 0. The minimum absolute atomic E-state index is 0.258. The number of halogens is 1. The zero-order chi connectivity index (χ0) is 11.8. The van der Waals surface area contributed by atoms with Crippen molar-refractivity contribution in [2.75, 3.05) is 0 Å². The summed E-state index contributed by atoms with van der Waals surface area (Å²) in [6.07, 6.45) is 2.23. The molecule has 1 saturated carbocycles. The van der Waals surface area contributed by atoms with E-state index >= 15 is 0 Å². The lowest BCUT2D eigenvalue weighted by Gasteiger charge is -2.04. The number of rotatable bonds is 3. The van der Waals surface area contributed by atoms with Gasteiger partial charge in [0, 0.05) is 5.92 Å². The number of nitrogens with two attached hydrogens (primary N) is 1. The summed E-state index contributed by atoms with van der Waals surface area (Å²) in [4.78, 5) is 4.37. The van der Waals surface area contributed by atoms with Gasteiger partial charge in [0.25, 0.3) is 0 Å². The first-order valence-electron chi connectivity index (χ1n) is 5.70. The molecule has 0 spiro atoms. The van der Waals surface area contributed by atoms with Crippen LogP contribution in [-0.4, -0.2) is 14.8 Å². The van der Waals surface area contributed by atoms with E-state index in [0.717, 1.165) is 18.7 Å². The molecular formula is C12H13FN4. The minimum atomic E-state index is -0.311. The van der Waals surface area contributed by atoms with Crippen molar-refractivity contribution in [1.82, 2.24) is 14.8 Å². The molecule has 17 heavy (non-hydrogen) atoms. The van der Waals surface area contributed by atoms with Crippen molar-refractivity contribution in [1.29, 1.82) is 0 Å². The maximum absolute atomic E-state index is 13.7. The summed E-state index contributed by atoms with van der Waals surface area (Å²) in [5.74, 6) is 1.52. The summed E-state index contributed by atoms with van der Waals surface area (Å²) in [5, 5.41) is 4.36. The summed E-state index contributed by atoms with van der Waals surface area (Å²) in [6, 6.07) is 6.52. The lowest BCUT2D eigenvalue weighted by Crippen LogP contribution is -2.09. The van der Waals surface area contributed by atoms with Crippen molar-refractivity contribution in [2.24, 2.45) is 5.73 Å². The quantitative estimate of drug-likeness (QED) is 0.877. The standard InChI is InChI=1S/C12H13FN4/c13-9-3-1-2-4-10(9)17-11(7-14)15-12(16-17)8-5-6-8/h1-4,8H,5-7,14H2. The third-order valence-electron chi connectivity index (χ3n) is 2.90. The van der Waals surface area contributed by atoms with Gasteiger partial charge in [0.1, 0.15) is 17.3 Å². The van der Waals surface area contributed by atoms with E-state index in [1.165, 1.54) is 10.7 Å².